The Labute approximate surface area is 190 Å². The topological polar surface area (TPSA) is 54.0 Å². The van der Waals surface area contributed by atoms with E-state index in [9.17, 15) is 18.0 Å². The molecule has 0 unspecified atom stereocenters. The number of amides is 1. The number of carbonyl (C=O) groups excluding carboxylic acids is 1. The molecule has 1 aliphatic heterocycles. The third-order valence-electron chi connectivity index (χ3n) is 5.85. The predicted molar refractivity (Wildman–Crippen MR) is 116 cm³/mol. The zero-order valence-corrected chi connectivity index (χ0v) is 18.8. The standard InChI is InChI=1S/C24H26F3N5O/c1-16(2)22-21-19(13-32(22)12-17-4-6-20(7-5-17)24(25,26)27)10-18(11-28-21)23(33)29-14-31-9-8-30(3)15-31/h4-11,15-16,22H,12-14H2,1-3H3/p+1/t22-/m0/s1. The molecule has 4 rings (SSSR count). The number of alkyl halides is 3. The second kappa shape index (κ2) is 8.97. The van der Waals surface area contributed by atoms with Crippen LogP contribution in [0.4, 0.5) is 13.2 Å². The highest BCUT2D eigenvalue weighted by atomic mass is 19.4. The fourth-order valence-electron chi connectivity index (χ4n) is 4.31. The summed E-state index contributed by atoms with van der Waals surface area (Å²) >= 11 is 0. The summed E-state index contributed by atoms with van der Waals surface area (Å²) in [6.45, 7) is 5.63. The van der Waals surface area contributed by atoms with Crippen LogP contribution in [0.3, 0.4) is 0 Å². The number of pyridine rings is 1. The quantitative estimate of drug-likeness (QED) is 0.572. The first-order valence-electron chi connectivity index (χ1n) is 10.8. The average Bonchev–Trinajstić information content (AvgIpc) is 3.33. The van der Waals surface area contributed by atoms with Gasteiger partial charge in [0, 0.05) is 19.3 Å². The molecule has 0 radical (unpaired) electrons. The van der Waals surface area contributed by atoms with E-state index < -0.39 is 11.7 Å². The van der Waals surface area contributed by atoms with Gasteiger partial charge in [-0.2, -0.15) is 13.2 Å². The van der Waals surface area contributed by atoms with Crippen LogP contribution in [0.5, 0.6) is 0 Å². The summed E-state index contributed by atoms with van der Waals surface area (Å²) in [6.07, 6.45) is 2.88. The fraction of sp³-hybridized carbons (Fsp3) is 0.375. The Hall–Kier alpha value is -3.20. The minimum absolute atomic E-state index is 0.0271. The number of hydrogen-bond acceptors (Lipinski definition) is 3. The Kier molecular flexibility index (Phi) is 6.25. The maximum absolute atomic E-state index is 12.9. The summed E-state index contributed by atoms with van der Waals surface area (Å²) in [5.41, 5.74) is 2.54. The van der Waals surface area contributed by atoms with Gasteiger partial charge in [0.1, 0.15) is 12.4 Å². The number of hydrogen-bond donors (Lipinski definition) is 1. The molecule has 1 N–H and O–H groups in total. The Morgan fingerprint density at radius 3 is 2.61 bits per heavy atom. The number of aryl methyl sites for hydroxylation is 1. The van der Waals surface area contributed by atoms with Gasteiger partial charge in [0.15, 0.2) is 6.67 Å². The monoisotopic (exact) mass is 458 g/mol. The molecule has 0 bridgehead atoms. The van der Waals surface area contributed by atoms with Gasteiger partial charge in [0.05, 0.1) is 29.9 Å². The van der Waals surface area contributed by atoms with E-state index in [1.54, 1.807) is 6.20 Å². The molecule has 6 nitrogen and oxygen atoms in total. The van der Waals surface area contributed by atoms with Crippen molar-refractivity contribution in [3.05, 3.63) is 83.2 Å². The molecule has 1 atom stereocenters. The van der Waals surface area contributed by atoms with Crippen molar-refractivity contribution in [2.24, 2.45) is 13.0 Å². The number of carbonyl (C=O) groups is 1. The number of nitrogens with one attached hydrogen (secondary N) is 1. The van der Waals surface area contributed by atoms with E-state index in [-0.39, 0.29) is 17.9 Å². The zero-order chi connectivity index (χ0) is 23.8. The molecule has 0 aliphatic carbocycles. The van der Waals surface area contributed by atoms with E-state index >= 15 is 0 Å². The van der Waals surface area contributed by atoms with Gasteiger partial charge in [-0.1, -0.05) is 26.0 Å². The highest BCUT2D eigenvalue weighted by Crippen LogP contribution is 2.39. The molecule has 2 aromatic heterocycles. The van der Waals surface area contributed by atoms with Gasteiger partial charge in [-0.15, -0.1) is 0 Å². The van der Waals surface area contributed by atoms with Crippen LogP contribution in [0.25, 0.3) is 0 Å². The zero-order valence-electron chi connectivity index (χ0n) is 18.8. The first kappa shape index (κ1) is 23.0. The maximum atomic E-state index is 12.9. The molecule has 0 saturated carbocycles. The van der Waals surface area contributed by atoms with Crippen molar-refractivity contribution >= 4 is 5.91 Å². The third-order valence-corrected chi connectivity index (χ3v) is 5.85. The normalized spacial score (nSPS) is 16.3. The molecule has 0 saturated heterocycles. The third kappa shape index (κ3) is 5.08. The average molecular weight is 459 g/mol. The van der Waals surface area contributed by atoms with Crippen LogP contribution in [0.2, 0.25) is 0 Å². The smallest absolute Gasteiger partial charge is 0.316 e. The van der Waals surface area contributed by atoms with E-state index in [1.807, 2.05) is 41.0 Å². The van der Waals surface area contributed by atoms with Crippen molar-refractivity contribution in [2.75, 3.05) is 0 Å². The highest BCUT2D eigenvalue weighted by molar-refractivity contribution is 5.93. The number of benzene rings is 1. The van der Waals surface area contributed by atoms with Crippen LogP contribution in [0, 0.1) is 5.92 Å². The summed E-state index contributed by atoms with van der Waals surface area (Å²) in [5.74, 6) is 0.0475. The van der Waals surface area contributed by atoms with Crippen LogP contribution in [-0.2, 0) is 33.0 Å². The van der Waals surface area contributed by atoms with Gasteiger partial charge in [0.2, 0.25) is 6.33 Å². The van der Waals surface area contributed by atoms with Crippen molar-refractivity contribution < 1.29 is 22.5 Å². The van der Waals surface area contributed by atoms with Gasteiger partial charge >= 0.3 is 6.18 Å². The lowest BCUT2D eigenvalue weighted by molar-refractivity contribution is -0.671. The van der Waals surface area contributed by atoms with Crippen LogP contribution in [-0.4, -0.2) is 20.4 Å². The van der Waals surface area contributed by atoms with Crippen molar-refractivity contribution in [1.82, 2.24) is 19.8 Å². The number of nitrogens with zero attached hydrogens (tertiary/aromatic N) is 4. The van der Waals surface area contributed by atoms with Crippen molar-refractivity contribution in [1.29, 1.82) is 0 Å². The first-order valence-corrected chi connectivity index (χ1v) is 10.8. The van der Waals surface area contributed by atoms with Crippen molar-refractivity contribution in [2.45, 2.75) is 45.8 Å². The molecule has 9 heteroatoms. The Bertz CT molecular complexity index is 1140. The number of imidazole rings is 1. The van der Waals surface area contributed by atoms with Gasteiger partial charge in [0.25, 0.3) is 5.91 Å². The Morgan fingerprint density at radius 2 is 2.00 bits per heavy atom. The Balaban J connectivity index is 1.48. The SMILES string of the molecule is CC(C)[C@H]1c2ncc(C(=O)NCn3cc[n+](C)c3)cc2CN1Cc1ccc(C(F)(F)F)cc1. The van der Waals surface area contributed by atoms with Gasteiger partial charge in [-0.3, -0.25) is 14.7 Å². The molecule has 174 valence electrons. The van der Waals surface area contributed by atoms with E-state index in [0.29, 0.717) is 25.3 Å². The lowest BCUT2D eigenvalue weighted by Crippen LogP contribution is -2.28. The molecule has 1 amide bonds. The van der Waals surface area contributed by atoms with E-state index in [1.165, 1.54) is 12.1 Å². The lowest BCUT2D eigenvalue weighted by Gasteiger charge is -2.27. The minimum atomic E-state index is -4.34. The largest absolute Gasteiger partial charge is 0.416 e. The molecular formula is C24H27F3N5O+. The number of halogens is 3. The second-order valence-corrected chi connectivity index (χ2v) is 8.81. The van der Waals surface area contributed by atoms with E-state index in [4.69, 9.17) is 0 Å². The van der Waals surface area contributed by atoms with Gasteiger partial charge < -0.3 is 5.32 Å². The highest BCUT2D eigenvalue weighted by Gasteiger charge is 2.35. The van der Waals surface area contributed by atoms with Gasteiger partial charge in [-0.05, 0) is 35.2 Å². The molecule has 0 spiro atoms. The van der Waals surface area contributed by atoms with Crippen LogP contribution in [0.1, 0.15) is 52.6 Å². The summed E-state index contributed by atoms with van der Waals surface area (Å²) in [7, 11) is 1.91. The summed E-state index contributed by atoms with van der Waals surface area (Å²) < 4.78 is 42.4. The molecule has 1 aromatic carbocycles. The molecule has 3 aromatic rings. The lowest BCUT2D eigenvalue weighted by atomic mass is 9.99. The Morgan fingerprint density at radius 1 is 1.27 bits per heavy atom. The van der Waals surface area contributed by atoms with Crippen LogP contribution >= 0.6 is 0 Å². The first-order chi connectivity index (χ1) is 15.6. The minimum Gasteiger partial charge on any atom is -0.316 e. The molecule has 0 fully saturated rings. The number of aromatic nitrogens is 3. The van der Waals surface area contributed by atoms with Crippen molar-refractivity contribution in [3.8, 4) is 0 Å². The van der Waals surface area contributed by atoms with E-state index in [2.05, 4.69) is 29.0 Å². The van der Waals surface area contributed by atoms with Crippen molar-refractivity contribution in [3.63, 3.8) is 0 Å². The molecule has 33 heavy (non-hydrogen) atoms. The molecule has 1 aliphatic rings. The van der Waals surface area contributed by atoms with Crippen LogP contribution < -0.4 is 9.88 Å². The fourth-order valence-corrected chi connectivity index (χ4v) is 4.31. The number of fused-ring (bicyclic) bond motifs is 1. The van der Waals surface area contributed by atoms with Gasteiger partial charge in [-0.25, -0.2) is 9.13 Å². The summed E-state index contributed by atoms with van der Waals surface area (Å²) in [6, 6.07) is 7.19. The molecule has 3 heterocycles. The summed E-state index contributed by atoms with van der Waals surface area (Å²) in [5, 5.41) is 2.89. The molecular weight excluding hydrogens is 431 g/mol. The second-order valence-electron chi connectivity index (χ2n) is 8.81. The maximum Gasteiger partial charge on any atom is 0.416 e. The summed E-state index contributed by atoms with van der Waals surface area (Å²) in [4.78, 5) is 19.5. The van der Waals surface area contributed by atoms with Crippen LogP contribution in [0.15, 0.2) is 55.2 Å². The number of rotatable bonds is 6. The predicted octanol–water partition coefficient (Wildman–Crippen LogP) is 3.83. The van der Waals surface area contributed by atoms with E-state index in [0.717, 1.165) is 29.0 Å².